The Morgan fingerprint density at radius 3 is 1.26 bits per heavy atom. The molecule has 0 radical (unpaired) electrons. The van der Waals surface area contributed by atoms with Crippen molar-refractivity contribution in [1.29, 1.82) is 0 Å². The molecule has 3 heterocycles. The lowest BCUT2D eigenvalue weighted by Crippen LogP contribution is -2.61. The summed E-state index contributed by atoms with van der Waals surface area (Å²) in [5.74, 6) is 0.621. The minimum absolute atomic E-state index is 0.0305. The first kappa shape index (κ1) is 49.3. The Kier molecular flexibility index (Phi) is 11.4. The molecule has 2 aliphatic heterocycles. The highest BCUT2D eigenvalue weighted by Crippen LogP contribution is 2.49. The van der Waals surface area contributed by atoms with Crippen molar-refractivity contribution in [2.24, 2.45) is 0 Å². The van der Waals surface area contributed by atoms with Gasteiger partial charge in [0.15, 0.2) is 5.58 Å². The first-order chi connectivity index (χ1) is 33.4. The summed E-state index contributed by atoms with van der Waals surface area (Å²) in [5.41, 5.74) is 23.5. The van der Waals surface area contributed by atoms with Crippen LogP contribution in [0.4, 0.5) is 34.1 Å². The van der Waals surface area contributed by atoms with E-state index in [4.69, 9.17) is 9.40 Å². The number of oxazole rings is 1. The summed E-state index contributed by atoms with van der Waals surface area (Å²) in [6.07, 6.45) is 0. The molecule has 0 aliphatic carbocycles. The van der Waals surface area contributed by atoms with E-state index < -0.39 is 0 Å². The van der Waals surface area contributed by atoms with Gasteiger partial charge in [-0.15, -0.1) is 0 Å². The van der Waals surface area contributed by atoms with E-state index in [-0.39, 0.29) is 39.2 Å². The minimum Gasteiger partial charge on any atom is -0.436 e. The quantitative estimate of drug-likeness (QED) is 0.165. The van der Waals surface area contributed by atoms with Crippen molar-refractivity contribution in [3.63, 3.8) is 0 Å². The summed E-state index contributed by atoms with van der Waals surface area (Å²) in [6, 6.07) is 51.2. The molecule has 4 nitrogen and oxygen atoms in total. The van der Waals surface area contributed by atoms with E-state index in [1.807, 2.05) is 0 Å². The number of aromatic nitrogens is 1. The molecular weight excluding hydrogens is 874 g/mol. The van der Waals surface area contributed by atoms with Gasteiger partial charge in [0.25, 0.3) is 6.71 Å². The number of anilines is 6. The van der Waals surface area contributed by atoms with Gasteiger partial charge in [0.2, 0.25) is 5.89 Å². The lowest BCUT2D eigenvalue weighted by Gasteiger charge is -2.45. The highest BCUT2D eigenvalue weighted by Gasteiger charge is 2.45. The van der Waals surface area contributed by atoms with Crippen molar-refractivity contribution in [2.45, 2.75) is 157 Å². The molecule has 0 unspecified atom stereocenters. The number of nitrogens with zero attached hydrogens (tertiary/aromatic N) is 3. The molecule has 1 aromatic heterocycles. The summed E-state index contributed by atoms with van der Waals surface area (Å²) in [6.45, 7) is 41.6. The second-order valence-electron chi connectivity index (χ2n) is 27.2. The van der Waals surface area contributed by atoms with E-state index in [9.17, 15) is 0 Å². The maximum Gasteiger partial charge on any atom is 0.252 e. The molecule has 0 saturated heterocycles. The molecule has 5 heteroatoms. The van der Waals surface area contributed by atoms with Crippen molar-refractivity contribution in [3.05, 3.63) is 167 Å². The van der Waals surface area contributed by atoms with E-state index in [2.05, 4.69) is 268 Å². The van der Waals surface area contributed by atoms with Gasteiger partial charge in [-0.05, 0) is 154 Å². The smallest absolute Gasteiger partial charge is 0.252 e. The minimum atomic E-state index is -0.149. The normalized spacial score (nSPS) is 14.2. The van der Waals surface area contributed by atoms with Crippen LogP contribution in [0.15, 0.2) is 138 Å². The Balaban J connectivity index is 1.25. The van der Waals surface area contributed by atoms with Crippen LogP contribution in [0, 0.1) is 0 Å². The second kappa shape index (κ2) is 16.6. The fraction of sp³-hybridized carbons (Fsp3) is 0.358. The third-order valence-corrected chi connectivity index (χ3v) is 15.4. The van der Waals surface area contributed by atoms with E-state index in [1.165, 1.54) is 78.0 Å². The standard InChI is InChI=1S/C67H76BN3O/c1-62(2,3)44-25-23-42(24-26-44)41-19-21-43(22-20-41)61-69-54-39-53-56(40-59(54)72-61)71(51-34-47(65(10,11)12)33-48(35-51)66(13,14)15)58-38-49(67(16,17)18)37-57-60(58)68(53)52-36-46(64(7,8)9)29-32-55(52)70(57)50-30-27-45(28-31-50)63(4,5)6/h19-40H,1-18H3. The van der Waals surface area contributed by atoms with Crippen LogP contribution in [-0.2, 0) is 32.5 Å². The van der Waals surface area contributed by atoms with Crippen LogP contribution in [-0.4, -0.2) is 11.7 Å². The Morgan fingerprint density at radius 2 is 0.764 bits per heavy atom. The number of fused-ring (bicyclic) bond motifs is 5. The Hall–Kier alpha value is -6.33. The van der Waals surface area contributed by atoms with Crippen molar-refractivity contribution < 1.29 is 4.42 Å². The summed E-state index contributed by atoms with van der Waals surface area (Å²) >= 11 is 0. The Bertz CT molecular complexity index is 3350. The number of hydrogen-bond acceptors (Lipinski definition) is 4. The molecule has 0 amide bonds. The molecule has 2 aliphatic rings. The Morgan fingerprint density at radius 1 is 0.347 bits per heavy atom. The molecular formula is C67H76BN3O. The monoisotopic (exact) mass is 950 g/mol. The lowest BCUT2D eigenvalue weighted by molar-refractivity contribution is 0.568. The maximum atomic E-state index is 6.93. The summed E-state index contributed by atoms with van der Waals surface area (Å²) in [4.78, 5) is 10.5. The van der Waals surface area contributed by atoms with Crippen LogP contribution < -0.4 is 26.2 Å². The predicted molar refractivity (Wildman–Crippen MR) is 311 cm³/mol. The van der Waals surface area contributed by atoms with Crippen molar-refractivity contribution in [1.82, 2.24) is 4.98 Å². The SMILES string of the molecule is CC(C)(C)c1ccc(-c2ccc(-c3nc4cc5c(cc4o3)N(c3cc(C(C)(C)C)cc(C(C)(C)C)c3)c3cc(C(C)(C)C)cc4c3B5c3cc(C(C)(C)C)ccc3N4c3ccc(C(C)(C)C)cc3)cc2)cc1. The van der Waals surface area contributed by atoms with Crippen molar-refractivity contribution in [3.8, 4) is 22.6 Å². The van der Waals surface area contributed by atoms with E-state index in [0.29, 0.717) is 5.89 Å². The van der Waals surface area contributed by atoms with E-state index in [1.54, 1.807) is 0 Å². The first-order valence-electron chi connectivity index (χ1n) is 26.3. The average molecular weight is 950 g/mol. The van der Waals surface area contributed by atoms with Gasteiger partial charge in [-0.1, -0.05) is 191 Å². The van der Waals surface area contributed by atoms with Crippen LogP contribution in [0.5, 0.6) is 0 Å². The second-order valence-corrected chi connectivity index (χ2v) is 27.2. The first-order valence-corrected chi connectivity index (χ1v) is 26.3. The van der Waals surface area contributed by atoms with E-state index in [0.717, 1.165) is 33.7 Å². The molecule has 72 heavy (non-hydrogen) atoms. The lowest BCUT2D eigenvalue weighted by atomic mass is 9.33. The van der Waals surface area contributed by atoms with E-state index >= 15 is 0 Å². The fourth-order valence-corrected chi connectivity index (χ4v) is 10.7. The molecule has 0 fully saturated rings. The van der Waals surface area contributed by atoms with Crippen molar-refractivity contribution >= 4 is 68.3 Å². The molecule has 368 valence electrons. The summed E-state index contributed by atoms with van der Waals surface area (Å²) in [7, 11) is 0. The van der Waals surface area contributed by atoms with Gasteiger partial charge in [-0.25, -0.2) is 4.98 Å². The van der Waals surface area contributed by atoms with Crippen LogP contribution >= 0.6 is 0 Å². The van der Waals surface area contributed by atoms with Gasteiger partial charge in [-0.3, -0.25) is 0 Å². The topological polar surface area (TPSA) is 32.5 Å². The highest BCUT2D eigenvalue weighted by molar-refractivity contribution is 7.00. The van der Waals surface area contributed by atoms with Gasteiger partial charge < -0.3 is 14.2 Å². The zero-order valence-corrected chi connectivity index (χ0v) is 46.5. The molecule has 0 bridgehead atoms. The number of hydrogen-bond donors (Lipinski definition) is 0. The van der Waals surface area contributed by atoms with Crippen LogP contribution in [0.2, 0.25) is 0 Å². The zero-order chi connectivity index (χ0) is 51.8. The average Bonchev–Trinajstić information content (AvgIpc) is 3.72. The van der Waals surface area contributed by atoms with Gasteiger partial charge in [0.1, 0.15) is 5.52 Å². The third-order valence-electron chi connectivity index (χ3n) is 15.4. The molecule has 0 atom stereocenters. The molecule has 0 spiro atoms. The van der Waals surface area contributed by atoms with Crippen LogP contribution in [0.1, 0.15) is 158 Å². The van der Waals surface area contributed by atoms with Gasteiger partial charge in [0.05, 0.1) is 0 Å². The Labute approximate surface area is 432 Å². The van der Waals surface area contributed by atoms with Gasteiger partial charge >= 0.3 is 0 Å². The number of rotatable bonds is 4. The third kappa shape index (κ3) is 8.79. The highest BCUT2D eigenvalue weighted by atomic mass is 16.3. The maximum absolute atomic E-state index is 6.93. The summed E-state index contributed by atoms with van der Waals surface area (Å²) in [5, 5.41) is 0. The molecule has 0 saturated carbocycles. The van der Waals surface area contributed by atoms with Gasteiger partial charge in [0, 0.05) is 45.8 Å². The van der Waals surface area contributed by atoms with Crippen LogP contribution in [0.3, 0.4) is 0 Å². The molecule has 8 aromatic rings. The number of benzene rings is 7. The fourth-order valence-electron chi connectivity index (χ4n) is 10.7. The van der Waals surface area contributed by atoms with Crippen LogP contribution in [0.25, 0.3) is 33.7 Å². The molecule has 10 rings (SSSR count). The van der Waals surface area contributed by atoms with Crippen molar-refractivity contribution in [2.75, 3.05) is 9.80 Å². The molecule has 7 aromatic carbocycles. The summed E-state index contributed by atoms with van der Waals surface area (Å²) < 4.78 is 6.93. The predicted octanol–water partition coefficient (Wildman–Crippen LogP) is 17.0. The largest absolute Gasteiger partial charge is 0.436 e. The molecule has 0 N–H and O–H groups in total. The zero-order valence-electron chi connectivity index (χ0n) is 46.5. The van der Waals surface area contributed by atoms with Gasteiger partial charge in [-0.2, -0.15) is 0 Å².